The molecule has 1 aromatic carbocycles. The van der Waals surface area contributed by atoms with Gasteiger partial charge < -0.3 is 10.2 Å². The van der Waals surface area contributed by atoms with Crippen LogP contribution in [0, 0.1) is 0 Å². The Morgan fingerprint density at radius 2 is 2.03 bits per heavy atom. The van der Waals surface area contributed by atoms with Crippen LogP contribution in [0.1, 0.15) is 44.8 Å². The standard InChI is InChI=1S/C21H16ClF3N4O4/c22-13-2-1-7-26-16(13)21(25,20(23)24)28-17(31)10-3-4-12-11(8-10)9-29(19(12)33)14-5-6-15(30)27-18(14)32/h1-4,7-8,14,20H,5-6,9H2,(H,28,31)(H,27,30,32). The van der Waals surface area contributed by atoms with Crippen molar-refractivity contribution in [1.29, 1.82) is 0 Å². The van der Waals surface area contributed by atoms with Gasteiger partial charge in [-0.1, -0.05) is 11.6 Å². The molecule has 4 amide bonds. The maximum Gasteiger partial charge on any atom is 0.296 e. The summed E-state index contributed by atoms with van der Waals surface area (Å²) in [6, 6.07) is 5.38. The Hall–Kier alpha value is -3.47. The zero-order valence-electron chi connectivity index (χ0n) is 16.8. The molecule has 0 aliphatic carbocycles. The van der Waals surface area contributed by atoms with Gasteiger partial charge in [0.2, 0.25) is 11.8 Å². The number of benzene rings is 1. The van der Waals surface area contributed by atoms with Crippen LogP contribution in [0.15, 0.2) is 36.5 Å². The van der Waals surface area contributed by atoms with E-state index in [4.69, 9.17) is 11.6 Å². The van der Waals surface area contributed by atoms with Crippen molar-refractivity contribution in [2.24, 2.45) is 0 Å². The second-order valence-electron chi connectivity index (χ2n) is 7.57. The minimum absolute atomic E-state index is 0.0384. The number of imide groups is 1. The number of carbonyl (C=O) groups excluding carboxylic acids is 4. The molecule has 2 aliphatic rings. The zero-order valence-corrected chi connectivity index (χ0v) is 17.5. The van der Waals surface area contributed by atoms with Crippen LogP contribution in [0.25, 0.3) is 0 Å². The van der Waals surface area contributed by atoms with Crippen LogP contribution >= 0.6 is 11.6 Å². The van der Waals surface area contributed by atoms with E-state index in [-0.39, 0.29) is 35.5 Å². The molecule has 1 saturated heterocycles. The molecule has 8 nitrogen and oxygen atoms in total. The molecule has 3 heterocycles. The van der Waals surface area contributed by atoms with Gasteiger partial charge in [0.05, 0.1) is 5.02 Å². The summed E-state index contributed by atoms with van der Waals surface area (Å²) in [4.78, 5) is 53.7. The molecule has 0 spiro atoms. The number of alkyl halides is 3. The molecule has 1 fully saturated rings. The van der Waals surface area contributed by atoms with Gasteiger partial charge in [-0.05, 0) is 42.3 Å². The molecule has 2 atom stereocenters. The number of rotatable bonds is 5. The van der Waals surface area contributed by atoms with Crippen LogP contribution in [0.2, 0.25) is 5.02 Å². The first-order valence-electron chi connectivity index (χ1n) is 9.80. The minimum Gasteiger partial charge on any atom is -0.322 e. The van der Waals surface area contributed by atoms with E-state index in [1.54, 1.807) is 5.32 Å². The van der Waals surface area contributed by atoms with E-state index in [0.717, 1.165) is 12.3 Å². The van der Waals surface area contributed by atoms with E-state index >= 15 is 4.39 Å². The SMILES string of the molecule is O=C1CCC(N2Cc3cc(C(=O)NC(F)(c4ncccc4Cl)C(F)F)ccc3C2=O)C(=O)N1. The summed E-state index contributed by atoms with van der Waals surface area (Å²) in [6.07, 6.45) is -2.38. The fourth-order valence-electron chi connectivity index (χ4n) is 3.82. The Labute approximate surface area is 190 Å². The average Bonchev–Trinajstić information content (AvgIpc) is 3.09. The fraction of sp³-hybridized carbons (Fsp3) is 0.286. The van der Waals surface area contributed by atoms with Crippen LogP contribution in [-0.2, 0) is 21.9 Å². The highest BCUT2D eigenvalue weighted by atomic mass is 35.5. The van der Waals surface area contributed by atoms with Crippen molar-refractivity contribution >= 4 is 35.2 Å². The van der Waals surface area contributed by atoms with Crippen LogP contribution in [0.4, 0.5) is 13.2 Å². The maximum atomic E-state index is 15.2. The highest BCUT2D eigenvalue weighted by Crippen LogP contribution is 2.34. The second-order valence-corrected chi connectivity index (χ2v) is 7.98. The largest absolute Gasteiger partial charge is 0.322 e. The van der Waals surface area contributed by atoms with Crippen molar-refractivity contribution in [1.82, 2.24) is 20.5 Å². The number of hydrogen-bond acceptors (Lipinski definition) is 5. The van der Waals surface area contributed by atoms with Crippen molar-refractivity contribution in [2.45, 2.75) is 37.6 Å². The van der Waals surface area contributed by atoms with Crippen molar-refractivity contribution in [2.75, 3.05) is 0 Å². The van der Waals surface area contributed by atoms with Gasteiger partial charge in [0.15, 0.2) is 0 Å². The van der Waals surface area contributed by atoms with E-state index in [9.17, 15) is 28.0 Å². The summed E-state index contributed by atoms with van der Waals surface area (Å²) in [7, 11) is 0. The average molecular weight is 481 g/mol. The van der Waals surface area contributed by atoms with Gasteiger partial charge in [0.25, 0.3) is 24.0 Å². The van der Waals surface area contributed by atoms with Gasteiger partial charge in [-0.15, -0.1) is 0 Å². The van der Waals surface area contributed by atoms with E-state index in [2.05, 4.69) is 10.3 Å². The Bertz CT molecular complexity index is 1180. The number of hydrogen-bond donors (Lipinski definition) is 2. The topological polar surface area (TPSA) is 108 Å². The lowest BCUT2D eigenvalue weighted by atomic mass is 10.0. The van der Waals surface area contributed by atoms with E-state index < -0.39 is 47.6 Å². The molecule has 0 radical (unpaired) electrons. The van der Waals surface area contributed by atoms with E-state index in [0.29, 0.717) is 5.56 Å². The van der Waals surface area contributed by atoms with Crippen LogP contribution in [0.5, 0.6) is 0 Å². The number of carbonyl (C=O) groups is 4. The van der Waals surface area contributed by atoms with Crippen LogP contribution in [0.3, 0.4) is 0 Å². The van der Waals surface area contributed by atoms with Gasteiger partial charge in [-0.25, -0.2) is 13.2 Å². The Kier molecular flexibility index (Phi) is 5.83. The quantitative estimate of drug-likeness (QED) is 0.504. The van der Waals surface area contributed by atoms with Gasteiger partial charge >= 0.3 is 0 Å². The summed E-state index contributed by atoms with van der Waals surface area (Å²) in [6.45, 7) is -0.0384. The smallest absolute Gasteiger partial charge is 0.296 e. The maximum absolute atomic E-state index is 15.2. The van der Waals surface area contributed by atoms with Gasteiger partial charge in [-0.3, -0.25) is 29.5 Å². The number of aromatic nitrogens is 1. The molecule has 12 heteroatoms. The fourth-order valence-corrected chi connectivity index (χ4v) is 4.08. The third-order valence-corrected chi connectivity index (χ3v) is 5.79. The van der Waals surface area contributed by atoms with Gasteiger partial charge in [0.1, 0.15) is 11.7 Å². The van der Waals surface area contributed by atoms with Crippen LogP contribution < -0.4 is 10.6 Å². The molecule has 2 aliphatic heterocycles. The molecule has 0 bridgehead atoms. The summed E-state index contributed by atoms with van der Waals surface area (Å²) >= 11 is 5.80. The van der Waals surface area contributed by atoms with E-state index in [1.165, 1.54) is 29.2 Å². The van der Waals surface area contributed by atoms with Crippen molar-refractivity contribution < 1.29 is 32.3 Å². The van der Waals surface area contributed by atoms with E-state index in [1.807, 2.05) is 0 Å². The second kappa shape index (κ2) is 8.47. The molecular weight excluding hydrogens is 465 g/mol. The number of piperidine rings is 1. The Morgan fingerprint density at radius 3 is 2.70 bits per heavy atom. The lowest BCUT2D eigenvalue weighted by Gasteiger charge is -2.29. The monoisotopic (exact) mass is 480 g/mol. The Balaban J connectivity index is 1.57. The first kappa shape index (κ1) is 22.7. The number of amides is 4. The predicted octanol–water partition coefficient (Wildman–Crippen LogP) is 2.31. The number of nitrogens with one attached hydrogen (secondary N) is 2. The molecule has 172 valence electrons. The van der Waals surface area contributed by atoms with Crippen LogP contribution in [-0.4, -0.2) is 46.0 Å². The normalized spacial score (nSPS) is 19.8. The lowest BCUT2D eigenvalue weighted by molar-refractivity contribution is -0.136. The summed E-state index contributed by atoms with van der Waals surface area (Å²) in [5.41, 5.74) is -0.448. The van der Waals surface area contributed by atoms with Crippen molar-refractivity contribution in [3.8, 4) is 0 Å². The molecule has 4 rings (SSSR count). The Morgan fingerprint density at radius 1 is 1.27 bits per heavy atom. The molecule has 2 N–H and O–H groups in total. The third kappa shape index (κ3) is 4.04. The first-order chi connectivity index (χ1) is 15.6. The van der Waals surface area contributed by atoms with Gasteiger partial charge in [-0.2, -0.15) is 0 Å². The van der Waals surface area contributed by atoms with Gasteiger partial charge in [0, 0.05) is 30.3 Å². The molecule has 1 aromatic heterocycles. The molecule has 33 heavy (non-hydrogen) atoms. The summed E-state index contributed by atoms with van der Waals surface area (Å²) in [5.74, 6) is -6.32. The van der Waals surface area contributed by atoms with Crippen molar-refractivity contribution in [3.63, 3.8) is 0 Å². The molecule has 2 aromatic rings. The minimum atomic E-state index is -3.67. The molecule has 0 saturated carbocycles. The molecule has 2 unspecified atom stereocenters. The first-order valence-corrected chi connectivity index (χ1v) is 10.2. The predicted molar refractivity (Wildman–Crippen MR) is 108 cm³/mol. The third-order valence-electron chi connectivity index (χ3n) is 5.48. The van der Waals surface area contributed by atoms with Crippen molar-refractivity contribution in [3.05, 3.63) is 63.9 Å². The summed E-state index contributed by atoms with van der Waals surface area (Å²) in [5, 5.41) is 3.44. The highest BCUT2D eigenvalue weighted by Gasteiger charge is 2.47. The highest BCUT2D eigenvalue weighted by molar-refractivity contribution is 6.31. The number of halogens is 4. The lowest BCUT2D eigenvalue weighted by Crippen LogP contribution is -2.52. The number of nitrogens with zero attached hydrogens (tertiary/aromatic N) is 2. The number of pyridine rings is 1. The molecular formula is C21H16ClF3N4O4. The number of fused-ring (bicyclic) bond motifs is 1. The zero-order chi connectivity index (χ0) is 23.9. The summed E-state index contributed by atoms with van der Waals surface area (Å²) < 4.78 is 42.4.